The van der Waals surface area contributed by atoms with Crippen LogP contribution in [-0.2, 0) is 6.42 Å². The van der Waals surface area contributed by atoms with Gasteiger partial charge >= 0.3 is 0 Å². The van der Waals surface area contributed by atoms with E-state index in [0.717, 1.165) is 23.6 Å². The van der Waals surface area contributed by atoms with Gasteiger partial charge in [-0.25, -0.2) is 15.8 Å². The minimum atomic E-state index is 0.255. The Bertz CT molecular complexity index is 580. The van der Waals surface area contributed by atoms with E-state index in [0.29, 0.717) is 11.9 Å². The monoisotopic (exact) mass is 305 g/mol. The fraction of sp³-hybridized carbons (Fsp3) is 0.467. The van der Waals surface area contributed by atoms with Crippen molar-refractivity contribution in [3.63, 3.8) is 0 Å². The maximum atomic E-state index is 5.56. The zero-order valence-electron chi connectivity index (χ0n) is 13.0. The molecule has 0 aliphatic rings. The van der Waals surface area contributed by atoms with Crippen LogP contribution in [0, 0.1) is 6.92 Å². The molecule has 0 amide bonds. The Hall–Kier alpha value is -1.66. The van der Waals surface area contributed by atoms with Crippen LogP contribution in [0.3, 0.4) is 0 Å². The molecule has 0 aromatic carbocycles. The third kappa shape index (κ3) is 3.92. The van der Waals surface area contributed by atoms with E-state index < -0.39 is 0 Å². The number of nitrogens with one attached hydrogen (secondary N) is 2. The van der Waals surface area contributed by atoms with E-state index in [-0.39, 0.29) is 5.92 Å². The summed E-state index contributed by atoms with van der Waals surface area (Å²) in [5, 5.41) is 5.58. The summed E-state index contributed by atoms with van der Waals surface area (Å²) in [4.78, 5) is 10.4. The normalized spacial score (nSPS) is 12.5. The molecule has 0 aliphatic heterocycles. The molecular weight excluding hydrogens is 282 g/mol. The minimum absolute atomic E-state index is 0.255. The van der Waals surface area contributed by atoms with E-state index in [4.69, 9.17) is 5.84 Å². The number of thiophene rings is 1. The molecule has 6 heteroatoms. The van der Waals surface area contributed by atoms with Gasteiger partial charge in [-0.3, -0.25) is 0 Å². The van der Waals surface area contributed by atoms with Gasteiger partial charge in [-0.2, -0.15) is 0 Å². The average Bonchev–Trinajstić information content (AvgIpc) is 2.93. The summed E-state index contributed by atoms with van der Waals surface area (Å²) in [6, 6.07) is 4.53. The third-order valence-corrected chi connectivity index (χ3v) is 4.19. The highest BCUT2D eigenvalue weighted by Crippen LogP contribution is 2.23. The molecule has 0 bridgehead atoms. The summed E-state index contributed by atoms with van der Waals surface area (Å²) in [5.41, 5.74) is 3.61. The van der Waals surface area contributed by atoms with E-state index in [1.165, 1.54) is 4.88 Å². The van der Waals surface area contributed by atoms with Crippen LogP contribution in [0.5, 0.6) is 0 Å². The van der Waals surface area contributed by atoms with Gasteiger partial charge in [0, 0.05) is 28.8 Å². The molecule has 21 heavy (non-hydrogen) atoms. The number of anilines is 2. The van der Waals surface area contributed by atoms with E-state index in [1.54, 1.807) is 11.3 Å². The van der Waals surface area contributed by atoms with Crippen LogP contribution in [0.4, 0.5) is 11.6 Å². The lowest BCUT2D eigenvalue weighted by atomic mass is 10.1. The third-order valence-electron chi connectivity index (χ3n) is 3.29. The molecule has 5 nitrogen and oxygen atoms in total. The maximum Gasteiger partial charge on any atom is 0.148 e. The molecule has 0 radical (unpaired) electrons. The van der Waals surface area contributed by atoms with Crippen LogP contribution in [0.2, 0.25) is 0 Å². The molecule has 2 rings (SSSR count). The lowest BCUT2D eigenvalue weighted by Gasteiger charge is -2.18. The van der Waals surface area contributed by atoms with E-state index in [2.05, 4.69) is 59.0 Å². The van der Waals surface area contributed by atoms with Gasteiger partial charge in [-0.05, 0) is 25.3 Å². The molecular formula is C15H23N5S. The Morgan fingerprint density at radius 1 is 1.24 bits per heavy atom. The lowest BCUT2D eigenvalue weighted by molar-refractivity contribution is 0.754. The van der Waals surface area contributed by atoms with Crippen molar-refractivity contribution in [1.29, 1.82) is 0 Å². The first kappa shape index (κ1) is 15.7. The van der Waals surface area contributed by atoms with E-state index in [9.17, 15) is 0 Å². The smallest absolute Gasteiger partial charge is 0.148 e. The van der Waals surface area contributed by atoms with Crippen molar-refractivity contribution in [1.82, 2.24) is 9.97 Å². The number of hydrogen-bond acceptors (Lipinski definition) is 6. The minimum Gasteiger partial charge on any atom is -0.367 e. The Labute approximate surface area is 130 Å². The van der Waals surface area contributed by atoms with Crippen molar-refractivity contribution >= 4 is 23.0 Å². The second-order valence-electron chi connectivity index (χ2n) is 5.53. The zero-order valence-corrected chi connectivity index (χ0v) is 13.8. The van der Waals surface area contributed by atoms with Gasteiger partial charge in [0.1, 0.15) is 17.5 Å². The molecule has 4 N–H and O–H groups in total. The van der Waals surface area contributed by atoms with Gasteiger partial charge in [-0.15, -0.1) is 11.3 Å². The molecule has 0 fully saturated rings. The first-order valence-electron chi connectivity index (χ1n) is 7.15. The summed E-state index contributed by atoms with van der Waals surface area (Å²) < 4.78 is 0. The highest BCUT2D eigenvalue weighted by Gasteiger charge is 2.14. The summed E-state index contributed by atoms with van der Waals surface area (Å²) in [5.74, 6) is 8.14. The first-order valence-corrected chi connectivity index (χ1v) is 8.03. The summed E-state index contributed by atoms with van der Waals surface area (Å²) >= 11 is 1.78. The van der Waals surface area contributed by atoms with Crippen LogP contribution in [0.15, 0.2) is 17.5 Å². The Kier molecular flexibility index (Phi) is 5.14. The summed E-state index contributed by atoms with van der Waals surface area (Å²) in [6.45, 7) is 8.28. The Balaban J connectivity index is 2.19. The van der Waals surface area contributed by atoms with Crippen LogP contribution in [0.1, 0.15) is 43.0 Å². The molecule has 114 valence electrons. The summed E-state index contributed by atoms with van der Waals surface area (Å²) in [7, 11) is 0. The number of nitrogen functional groups attached to an aromatic ring is 1. The Morgan fingerprint density at radius 3 is 2.52 bits per heavy atom. The quantitative estimate of drug-likeness (QED) is 0.564. The molecule has 1 unspecified atom stereocenters. The van der Waals surface area contributed by atoms with Crippen LogP contribution < -0.4 is 16.6 Å². The predicted octanol–water partition coefficient (Wildman–Crippen LogP) is 3.30. The number of nitrogens with two attached hydrogens (primary N) is 1. The second kappa shape index (κ2) is 6.87. The van der Waals surface area contributed by atoms with Crippen molar-refractivity contribution in [3.8, 4) is 0 Å². The molecule has 1 atom stereocenters. The van der Waals surface area contributed by atoms with Gasteiger partial charge in [0.25, 0.3) is 0 Å². The van der Waals surface area contributed by atoms with E-state index in [1.807, 2.05) is 6.92 Å². The highest BCUT2D eigenvalue weighted by molar-refractivity contribution is 7.09. The van der Waals surface area contributed by atoms with Gasteiger partial charge < -0.3 is 10.7 Å². The van der Waals surface area contributed by atoms with Crippen molar-refractivity contribution in [3.05, 3.63) is 33.8 Å². The molecule has 2 aromatic heterocycles. The van der Waals surface area contributed by atoms with Crippen molar-refractivity contribution in [2.45, 2.75) is 46.1 Å². The topological polar surface area (TPSA) is 75.9 Å². The lowest BCUT2D eigenvalue weighted by Crippen LogP contribution is -2.21. The number of aromatic nitrogens is 2. The summed E-state index contributed by atoms with van der Waals surface area (Å²) in [6.07, 6.45) is 0.976. The van der Waals surface area contributed by atoms with Gasteiger partial charge in [0.2, 0.25) is 0 Å². The standard InChI is InChI=1S/C15H23N5S/c1-9(2)13-18-14(11(4)15(19-13)20-16)17-10(3)8-12-6-5-7-21-12/h5-7,9-10H,8,16H2,1-4H3,(H2,17,18,19,20). The number of hydrogen-bond donors (Lipinski definition) is 3. The number of hydrazine groups is 1. The molecule has 2 heterocycles. The fourth-order valence-electron chi connectivity index (χ4n) is 2.09. The fourth-order valence-corrected chi connectivity index (χ4v) is 2.92. The number of nitrogens with zero attached hydrogens (tertiary/aromatic N) is 2. The van der Waals surface area contributed by atoms with Crippen molar-refractivity contribution < 1.29 is 0 Å². The average molecular weight is 305 g/mol. The van der Waals surface area contributed by atoms with Crippen LogP contribution >= 0.6 is 11.3 Å². The van der Waals surface area contributed by atoms with Crippen molar-refractivity contribution in [2.24, 2.45) is 5.84 Å². The molecule has 2 aromatic rings. The SMILES string of the molecule is Cc1c(NN)nc(C(C)C)nc1NC(C)Cc1cccs1. The van der Waals surface area contributed by atoms with Gasteiger partial charge in [-0.1, -0.05) is 19.9 Å². The largest absolute Gasteiger partial charge is 0.367 e. The molecule has 0 saturated heterocycles. The zero-order chi connectivity index (χ0) is 15.4. The van der Waals surface area contributed by atoms with Crippen LogP contribution in [-0.4, -0.2) is 16.0 Å². The second-order valence-corrected chi connectivity index (χ2v) is 6.56. The van der Waals surface area contributed by atoms with E-state index >= 15 is 0 Å². The molecule has 0 aliphatic carbocycles. The first-order chi connectivity index (χ1) is 10.0. The van der Waals surface area contributed by atoms with Crippen molar-refractivity contribution in [2.75, 3.05) is 10.7 Å². The van der Waals surface area contributed by atoms with Gasteiger partial charge in [0.15, 0.2) is 0 Å². The van der Waals surface area contributed by atoms with Gasteiger partial charge in [0.05, 0.1) is 0 Å². The van der Waals surface area contributed by atoms with Crippen LogP contribution in [0.25, 0.3) is 0 Å². The molecule has 0 spiro atoms. The molecule has 0 saturated carbocycles. The predicted molar refractivity (Wildman–Crippen MR) is 89.8 cm³/mol. The Morgan fingerprint density at radius 2 is 1.95 bits per heavy atom. The number of rotatable bonds is 6. The highest BCUT2D eigenvalue weighted by atomic mass is 32.1. The maximum absolute atomic E-state index is 5.56.